The number of unbranched alkanes of at least 4 members (excludes halogenated alkanes) is 2. The summed E-state index contributed by atoms with van der Waals surface area (Å²) in [7, 11) is 1.50. The zero-order valence-electron chi connectivity index (χ0n) is 25.5. The summed E-state index contributed by atoms with van der Waals surface area (Å²) in [6, 6.07) is 9.34. The molecule has 1 saturated heterocycles. The van der Waals surface area contributed by atoms with Gasteiger partial charge in [0.05, 0.1) is 36.7 Å². The largest absolute Gasteiger partial charge is 0.505 e. The normalized spacial score (nSPS) is 15.9. The molecule has 1 aromatic carbocycles. The minimum absolute atomic E-state index is 0.00133. The van der Waals surface area contributed by atoms with Crippen LogP contribution in [0.25, 0.3) is 11.4 Å². The van der Waals surface area contributed by atoms with Crippen molar-refractivity contribution in [2.45, 2.75) is 46.1 Å². The van der Waals surface area contributed by atoms with E-state index in [1.165, 1.54) is 18.1 Å². The Morgan fingerprint density at radius 1 is 1.11 bits per heavy atom. The fraction of sp³-hybridized carbons (Fsp3) is 0.303. The van der Waals surface area contributed by atoms with Gasteiger partial charge < -0.3 is 19.3 Å². The maximum absolute atomic E-state index is 13.8. The lowest BCUT2D eigenvalue weighted by Gasteiger charge is -2.24. The van der Waals surface area contributed by atoms with Crippen LogP contribution in [0.15, 0.2) is 60.8 Å². The Balaban J connectivity index is 1.68. The number of amides is 1. The topological polar surface area (TPSA) is 133 Å². The van der Waals surface area contributed by atoms with Crippen LogP contribution in [0.4, 0.5) is 5.13 Å². The van der Waals surface area contributed by atoms with Crippen LogP contribution in [0.5, 0.6) is 11.5 Å². The number of nitrogens with zero attached hydrogens (tertiary/aromatic N) is 4. The number of aliphatic hydroxyl groups is 1. The maximum Gasteiger partial charge on any atom is 0.350 e. The van der Waals surface area contributed by atoms with Gasteiger partial charge in [0, 0.05) is 6.20 Å². The van der Waals surface area contributed by atoms with E-state index in [4.69, 9.17) is 14.2 Å². The molecule has 11 nitrogen and oxygen atoms in total. The number of aliphatic hydroxyl groups excluding tert-OH is 1. The number of ketones is 1. The van der Waals surface area contributed by atoms with Gasteiger partial charge in [-0.2, -0.15) is 0 Å². The fourth-order valence-corrected chi connectivity index (χ4v) is 6.24. The van der Waals surface area contributed by atoms with Crippen molar-refractivity contribution in [3.05, 3.63) is 88.3 Å². The Morgan fingerprint density at radius 2 is 1.91 bits per heavy atom. The first-order valence-corrected chi connectivity index (χ1v) is 15.3. The molecule has 4 aromatic rings. The van der Waals surface area contributed by atoms with E-state index in [-0.39, 0.29) is 27.9 Å². The van der Waals surface area contributed by atoms with Gasteiger partial charge in [0.1, 0.15) is 22.8 Å². The molecule has 1 aliphatic rings. The average Bonchev–Trinajstić information content (AvgIpc) is 3.67. The molecular weight excluding hydrogens is 596 g/mol. The zero-order chi connectivity index (χ0) is 32.2. The van der Waals surface area contributed by atoms with Crippen molar-refractivity contribution in [2.75, 3.05) is 25.2 Å². The highest BCUT2D eigenvalue weighted by atomic mass is 32.1. The molecule has 1 unspecified atom stereocenters. The molecule has 5 rings (SSSR count). The number of aromatic nitrogens is 3. The fourth-order valence-electron chi connectivity index (χ4n) is 5.25. The lowest BCUT2D eigenvalue weighted by atomic mass is 9.96. The molecule has 234 valence electrons. The first-order valence-electron chi connectivity index (χ1n) is 14.5. The van der Waals surface area contributed by atoms with Gasteiger partial charge in [-0.25, -0.2) is 14.8 Å². The van der Waals surface area contributed by atoms with Gasteiger partial charge >= 0.3 is 11.9 Å². The maximum atomic E-state index is 13.8. The molecule has 1 atom stereocenters. The summed E-state index contributed by atoms with van der Waals surface area (Å²) in [6.07, 6.45) is 6.11. The Morgan fingerprint density at radius 3 is 2.64 bits per heavy atom. The van der Waals surface area contributed by atoms with Crippen LogP contribution in [-0.4, -0.2) is 57.5 Å². The van der Waals surface area contributed by atoms with Crippen molar-refractivity contribution in [1.82, 2.24) is 14.4 Å². The standard InChI is InChI=1S/C33H34N4O7S/c1-6-8-11-17-43-22-14-13-21(18-23(22)42-5)27-25(28(38)26-19(3)34-24-12-9-10-15-36(24)26)29(39)31(40)37(27)33-35-20(4)30(45-33)32(41)44-16-7-2/h7,9-10,12-15,18,27,38H,2,6,8,11,16-17H2,1,3-5H3. The van der Waals surface area contributed by atoms with Crippen LogP contribution >= 0.6 is 11.3 Å². The third-order valence-electron chi connectivity index (χ3n) is 7.39. The number of pyridine rings is 1. The number of ether oxygens (including phenoxy) is 3. The first kappa shape index (κ1) is 31.5. The number of imidazole rings is 1. The Hall–Kier alpha value is -4.97. The number of fused-ring (bicyclic) bond motifs is 1. The van der Waals surface area contributed by atoms with Crippen LogP contribution in [0, 0.1) is 13.8 Å². The minimum atomic E-state index is -1.12. The number of carbonyl (C=O) groups excluding carboxylic acids is 3. The Kier molecular flexibility index (Phi) is 9.33. The van der Waals surface area contributed by atoms with Gasteiger partial charge in [0.15, 0.2) is 22.4 Å². The minimum Gasteiger partial charge on any atom is -0.505 e. The van der Waals surface area contributed by atoms with E-state index in [2.05, 4.69) is 23.5 Å². The van der Waals surface area contributed by atoms with E-state index in [1.54, 1.807) is 54.8 Å². The second kappa shape index (κ2) is 13.3. The molecule has 0 saturated carbocycles. The van der Waals surface area contributed by atoms with E-state index >= 15 is 0 Å². The van der Waals surface area contributed by atoms with Crippen molar-refractivity contribution in [2.24, 2.45) is 0 Å². The molecule has 3 aromatic heterocycles. The lowest BCUT2D eigenvalue weighted by Crippen LogP contribution is -2.29. The van der Waals surface area contributed by atoms with Gasteiger partial charge in [-0.15, -0.1) is 0 Å². The summed E-state index contributed by atoms with van der Waals surface area (Å²) in [5, 5.41) is 11.9. The van der Waals surface area contributed by atoms with Gasteiger partial charge in [0.25, 0.3) is 5.78 Å². The molecule has 45 heavy (non-hydrogen) atoms. The lowest BCUT2D eigenvalue weighted by molar-refractivity contribution is -0.132. The SMILES string of the molecule is C=CCOC(=O)c1sc(N2C(=O)C(=O)C(=C(O)c3c(C)nc4ccccn34)C2c2ccc(OCCCCC)c(OC)c2)nc1C. The molecule has 0 bridgehead atoms. The van der Waals surface area contributed by atoms with E-state index in [1.807, 2.05) is 6.07 Å². The van der Waals surface area contributed by atoms with E-state index in [9.17, 15) is 19.5 Å². The van der Waals surface area contributed by atoms with Crippen molar-refractivity contribution >= 4 is 45.5 Å². The summed E-state index contributed by atoms with van der Waals surface area (Å²) < 4.78 is 18.5. The molecule has 4 heterocycles. The highest BCUT2D eigenvalue weighted by Gasteiger charge is 2.49. The Labute approximate surface area is 264 Å². The monoisotopic (exact) mass is 630 g/mol. The summed E-state index contributed by atoms with van der Waals surface area (Å²) in [4.78, 5) is 50.7. The van der Waals surface area contributed by atoms with Crippen LogP contribution in [0.3, 0.4) is 0 Å². The van der Waals surface area contributed by atoms with E-state index in [0.717, 1.165) is 30.6 Å². The van der Waals surface area contributed by atoms with Gasteiger partial charge in [-0.3, -0.25) is 18.9 Å². The quantitative estimate of drug-likeness (QED) is 0.0503. The van der Waals surface area contributed by atoms with Gasteiger partial charge in [0.2, 0.25) is 0 Å². The molecule has 1 N–H and O–H groups in total. The highest BCUT2D eigenvalue weighted by molar-refractivity contribution is 7.17. The summed E-state index contributed by atoms with van der Waals surface area (Å²) in [5.41, 5.74) is 1.94. The van der Waals surface area contributed by atoms with Gasteiger partial charge in [-0.05, 0) is 50.1 Å². The van der Waals surface area contributed by atoms with Crippen LogP contribution < -0.4 is 14.4 Å². The second-order valence-corrected chi connectivity index (χ2v) is 11.4. The molecule has 1 aliphatic heterocycles. The molecule has 1 amide bonds. The van der Waals surface area contributed by atoms with Gasteiger partial charge in [-0.1, -0.05) is 55.9 Å². The van der Waals surface area contributed by atoms with Crippen LogP contribution in [-0.2, 0) is 14.3 Å². The number of methoxy groups -OCH3 is 1. The number of hydrogen-bond donors (Lipinski definition) is 1. The number of esters is 1. The molecular formula is C33H34N4O7S. The smallest absolute Gasteiger partial charge is 0.350 e. The number of carbonyl (C=O) groups is 3. The average molecular weight is 631 g/mol. The molecule has 0 aliphatic carbocycles. The number of thiazole rings is 1. The van der Waals surface area contributed by atoms with Crippen molar-refractivity contribution in [3.63, 3.8) is 0 Å². The third kappa shape index (κ3) is 5.93. The molecule has 12 heteroatoms. The summed E-state index contributed by atoms with van der Waals surface area (Å²) >= 11 is 0.920. The van der Waals surface area contributed by atoms with Crippen molar-refractivity contribution in [1.29, 1.82) is 0 Å². The van der Waals surface area contributed by atoms with Crippen molar-refractivity contribution in [3.8, 4) is 11.5 Å². The molecule has 0 radical (unpaired) electrons. The summed E-state index contributed by atoms with van der Waals surface area (Å²) in [6.45, 7) is 9.50. The number of rotatable bonds is 12. The highest BCUT2D eigenvalue weighted by Crippen LogP contribution is 2.46. The second-order valence-electron chi connectivity index (χ2n) is 10.4. The first-order chi connectivity index (χ1) is 21.7. The Bertz CT molecular complexity index is 1820. The number of benzene rings is 1. The van der Waals surface area contributed by atoms with E-state index in [0.29, 0.717) is 40.7 Å². The number of anilines is 1. The predicted molar refractivity (Wildman–Crippen MR) is 170 cm³/mol. The van der Waals surface area contributed by atoms with E-state index < -0.39 is 29.5 Å². The molecule has 1 fully saturated rings. The summed E-state index contributed by atoms with van der Waals surface area (Å²) in [5.74, 6) is -1.95. The van der Waals surface area contributed by atoms with Crippen LogP contribution in [0.1, 0.15) is 64.5 Å². The molecule has 0 spiro atoms. The van der Waals surface area contributed by atoms with Crippen molar-refractivity contribution < 1.29 is 33.7 Å². The zero-order valence-corrected chi connectivity index (χ0v) is 26.3. The predicted octanol–water partition coefficient (Wildman–Crippen LogP) is 5.95. The number of Topliss-reactive ketones (excluding diaryl/α,β-unsaturated/α-hetero) is 1. The number of aryl methyl sites for hydroxylation is 2. The van der Waals surface area contributed by atoms with Crippen LogP contribution in [0.2, 0.25) is 0 Å². The number of hydrogen-bond acceptors (Lipinski definition) is 10. The third-order valence-corrected chi connectivity index (χ3v) is 8.53.